The van der Waals surface area contributed by atoms with E-state index in [4.69, 9.17) is 4.74 Å². The lowest BCUT2D eigenvalue weighted by atomic mass is 10.1. The van der Waals surface area contributed by atoms with Crippen molar-refractivity contribution in [2.24, 2.45) is 0 Å². The molecule has 100 valence electrons. The van der Waals surface area contributed by atoms with Crippen molar-refractivity contribution in [2.45, 2.75) is 6.92 Å². The average molecular weight is 268 g/mol. The minimum Gasteiger partial charge on any atom is -0.480 e. The monoisotopic (exact) mass is 268 g/mol. The topological polar surface area (TPSA) is 35.0 Å². The minimum absolute atomic E-state index is 0.273. The Labute approximate surface area is 116 Å². The van der Waals surface area contributed by atoms with E-state index < -0.39 is 0 Å². The van der Waals surface area contributed by atoms with Crippen molar-refractivity contribution in [3.63, 3.8) is 0 Å². The lowest BCUT2D eigenvalue weighted by molar-refractivity contribution is 0.403. The van der Waals surface area contributed by atoms with Crippen molar-refractivity contribution in [3.05, 3.63) is 53.8 Å². The molecule has 0 saturated heterocycles. The summed E-state index contributed by atoms with van der Waals surface area (Å²) in [6.45, 7) is 2.01. The first kappa shape index (κ1) is 12.5. The number of methoxy groups -OCH3 is 1. The number of aromatic nitrogens is 2. The summed E-state index contributed by atoms with van der Waals surface area (Å²) in [5.41, 5.74) is 2.25. The number of halogens is 1. The van der Waals surface area contributed by atoms with Gasteiger partial charge >= 0.3 is 0 Å². The zero-order valence-electron chi connectivity index (χ0n) is 11.2. The molecule has 3 aromatic rings. The second-order valence-electron chi connectivity index (χ2n) is 4.56. The molecule has 1 heterocycles. The molecule has 0 radical (unpaired) electrons. The summed E-state index contributed by atoms with van der Waals surface area (Å²) < 4.78 is 19.2. The van der Waals surface area contributed by atoms with Crippen LogP contribution in [0.15, 0.2) is 42.5 Å². The molecule has 1 aromatic heterocycles. The van der Waals surface area contributed by atoms with Gasteiger partial charge in [0.05, 0.1) is 12.5 Å². The van der Waals surface area contributed by atoms with Gasteiger partial charge in [0.15, 0.2) is 5.82 Å². The average Bonchev–Trinajstić information content (AvgIpc) is 2.47. The van der Waals surface area contributed by atoms with Crippen LogP contribution in [0.3, 0.4) is 0 Å². The Hall–Kier alpha value is -2.49. The molecule has 0 bridgehead atoms. The molecule has 20 heavy (non-hydrogen) atoms. The molecule has 0 N–H and O–H groups in total. The molecule has 3 nitrogen and oxygen atoms in total. The van der Waals surface area contributed by atoms with Crippen LogP contribution in [0.25, 0.3) is 22.3 Å². The molecule has 2 aromatic carbocycles. The van der Waals surface area contributed by atoms with Crippen molar-refractivity contribution in [3.8, 4) is 17.3 Å². The number of aryl methyl sites for hydroxylation is 1. The molecule has 0 aliphatic heterocycles. The summed E-state index contributed by atoms with van der Waals surface area (Å²) in [6, 6.07) is 12.5. The van der Waals surface area contributed by atoms with Crippen molar-refractivity contribution in [1.29, 1.82) is 0 Å². The van der Waals surface area contributed by atoms with Gasteiger partial charge in [0, 0.05) is 5.56 Å². The van der Waals surface area contributed by atoms with Crippen LogP contribution in [0.2, 0.25) is 0 Å². The molecule has 0 amide bonds. The maximum Gasteiger partial charge on any atom is 0.224 e. The van der Waals surface area contributed by atoms with Crippen LogP contribution in [-0.2, 0) is 0 Å². The fraction of sp³-hybridized carbons (Fsp3) is 0.125. The molecule has 0 unspecified atom stereocenters. The third kappa shape index (κ3) is 2.09. The molecule has 0 aliphatic carbocycles. The number of fused-ring (bicyclic) bond motifs is 1. The van der Waals surface area contributed by atoms with Gasteiger partial charge in [-0.15, -0.1) is 0 Å². The summed E-state index contributed by atoms with van der Waals surface area (Å²) >= 11 is 0. The standard InChI is InChI=1S/C16H13FN2O/c1-10-6-8-11(9-7-10)15-18-14-12(16(19-15)20-2)4-3-5-13(14)17/h3-9H,1-2H3. The van der Waals surface area contributed by atoms with Gasteiger partial charge in [-0.25, -0.2) is 9.37 Å². The van der Waals surface area contributed by atoms with Crippen molar-refractivity contribution >= 4 is 10.9 Å². The fourth-order valence-electron chi connectivity index (χ4n) is 2.08. The van der Waals surface area contributed by atoms with Gasteiger partial charge < -0.3 is 4.74 Å². The normalized spacial score (nSPS) is 10.8. The van der Waals surface area contributed by atoms with E-state index in [0.717, 1.165) is 11.1 Å². The predicted molar refractivity (Wildman–Crippen MR) is 76.2 cm³/mol. The van der Waals surface area contributed by atoms with Crippen LogP contribution in [0.1, 0.15) is 5.56 Å². The first-order chi connectivity index (χ1) is 9.69. The molecule has 0 saturated carbocycles. The second-order valence-corrected chi connectivity index (χ2v) is 4.56. The van der Waals surface area contributed by atoms with E-state index in [-0.39, 0.29) is 11.3 Å². The summed E-state index contributed by atoms with van der Waals surface area (Å²) in [7, 11) is 1.52. The minimum atomic E-state index is -0.378. The Balaban J connectivity index is 2.27. The molecular weight excluding hydrogens is 255 g/mol. The Morgan fingerprint density at radius 2 is 1.75 bits per heavy atom. The summed E-state index contributed by atoms with van der Waals surface area (Å²) in [6.07, 6.45) is 0. The highest BCUT2D eigenvalue weighted by Crippen LogP contribution is 2.27. The SMILES string of the molecule is COc1nc(-c2ccc(C)cc2)nc2c(F)cccc12. The number of nitrogens with zero attached hydrogens (tertiary/aromatic N) is 2. The van der Waals surface area contributed by atoms with Crippen LogP contribution < -0.4 is 4.74 Å². The van der Waals surface area contributed by atoms with Gasteiger partial charge in [-0.2, -0.15) is 4.98 Å². The van der Waals surface area contributed by atoms with Gasteiger partial charge in [-0.3, -0.25) is 0 Å². The van der Waals surface area contributed by atoms with Crippen molar-refractivity contribution < 1.29 is 9.13 Å². The Kier molecular flexibility index (Phi) is 3.06. The highest BCUT2D eigenvalue weighted by molar-refractivity contribution is 5.85. The fourth-order valence-corrected chi connectivity index (χ4v) is 2.08. The Bertz CT molecular complexity index is 769. The number of benzene rings is 2. The first-order valence-corrected chi connectivity index (χ1v) is 6.26. The third-order valence-electron chi connectivity index (χ3n) is 3.15. The number of para-hydroxylation sites is 1. The van der Waals surface area contributed by atoms with Crippen LogP contribution in [0.4, 0.5) is 4.39 Å². The number of hydrogen-bond acceptors (Lipinski definition) is 3. The van der Waals surface area contributed by atoms with Crippen molar-refractivity contribution in [1.82, 2.24) is 9.97 Å². The largest absolute Gasteiger partial charge is 0.480 e. The molecule has 0 atom stereocenters. The van der Waals surface area contributed by atoms with Gasteiger partial charge in [0.1, 0.15) is 11.3 Å². The van der Waals surface area contributed by atoms with Crippen LogP contribution >= 0.6 is 0 Å². The van der Waals surface area contributed by atoms with E-state index in [1.807, 2.05) is 31.2 Å². The zero-order chi connectivity index (χ0) is 14.1. The van der Waals surface area contributed by atoms with Crippen LogP contribution in [0.5, 0.6) is 5.88 Å². The summed E-state index contributed by atoms with van der Waals surface area (Å²) in [5, 5.41) is 0.573. The third-order valence-corrected chi connectivity index (χ3v) is 3.15. The molecule has 3 rings (SSSR count). The number of hydrogen-bond donors (Lipinski definition) is 0. The lowest BCUT2D eigenvalue weighted by Crippen LogP contribution is -1.97. The summed E-state index contributed by atoms with van der Waals surface area (Å²) in [4.78, 5) is 8.68. The molecule has 4 heteroatoms. The van der Waals surface area contributed by atoms with Crippen LogP contribution in [-0.4, -0.2) is 17.1 Å². The molecular formula is C16H13FN2O. The Morgan fingerprint density at radius 1 is 1.00 bits per heavy atom. The number of rotatable bonds is 2. The quantitative estimate of drug-likeness (QED) is 0.710. The van der Waals surface area contributed by atoms with E-state index in [1.165, 1.54) is 13.2 Å². The number of ether oxygens (including phenoxy) is 1. The molecule has 0 aliphatic rings. The highest BCUT2D eigenvalue weighted by atomic mass is 19.1. The first-order valence-electron chi connectivity index (χ1n) is 6.26. The maximum absolute atomic E-state index is 13.9. The van der Waals surface area contributed by atoms with E-state index in [1.54, 1.807) is 12.1 Å². The van der Waals surface area contributed by atoms with Gasteiger partial charge in [-0.05, 0) is 19.1 Å². The van der Waals surface area contributed by atoms with E-state index >= 15 is 0 Å². The zero-order valence-corrected chi connectivity index (χ0v) is 11.2. The van der Waals surface area contributed by atoms with E-state index in [9.17, 15) is 4.39 Å². The van der Waals surface area contributed by atoms with Gasteiger partial charge in [0.2, 0.25) is 5.88 Å². The Morgan fingerprint density at radius 3 is 2.45 bits per heavy atom. The summed E-state index contributed by atoms with van der Waals surface area (Å²) in [5.74, 6) is 0.459. The molecule has 0 spiro atoms. The molecule has 0 fully saturated rings. The predicted octanol–water partition coefficient (Wildman–Crippen LogP) is 3.75. The van der Waals surface area contributed by atoms with Gasteiger partial charge in [0.25, 0.3) is 0 Å². The maximum atomic E-state index is 13.9. The highest BCUT2D eigenvalue weighted by Gasteiger charge is 2.12. The van der Waals surface area contributed by atoms with Crippen LogP contribution in [0, 0.1) is 12.7 Å². The van der Waals surface area contributed by atoms with Crippen molar-refractivity contribution in [2.75, 3.05) is 7.11 Å². The lowest BCUT2D eigenvalue weighted by Gasteiger charge is -2.08. The smallest absolute Gasteiger partial charge is 0.224 e. The van der Waals surface area contributed by atoms with Gasteiger partial charge in [-0.1, -0.05) is 35.9 Å². The second kappa shape index (κ2) is 4.89. The van der Waals surface area contributed by atoms with E-state index in [0.29, 0.717) is 17.1 Å². The van der Waals surface area contributed by atoms with E-state index in [2.05, 4.69) is 9.97 Å².